The molecule has 1 aliphatic heterocycles. The summed E-state index contributed by atoms with van der Waals surface area (Å²) in [6.45, 7) is 5.97. The van der Waals surface area contributed by atoms with Crippen molar-refractivity contribution in [2.24, 2.45) is 5.92 Å². The van der Waals surface area contributed by atoms with E-state index in [4.69, 9.17) is 9.47 Å². The minimum absolute atomic E-state index is 0.0895. The summed E-state index contributed by atoms with van der Waals surface area (Å²) in [5, 5.41) is 2.78. The lowest BCUT2D eigenvalue weighted by Crippen LogP contribution is -2.40. The summed E-state index contributed by atoms with van der Waals surface area (Å²) in [7, 11) is -2.26. The highest BCUT2D eigenvalue weighted by Crippen LogP contribution is 2.28. The van der Waals surface area contributed by atoms with Crippen molar-refractivity contribution in [3.8, 4) is 5.75 Å². The van der Waals surface area contributed by atoms with Crippen LogP contribution in [0.1, 0.15) is 19.4 Å². The van der Waals surface area contributed by atoms with Crippen LogP contribution in [0.2, 0.25) is 0 Å². The van der Waals surface area contributed by atoms with E-state index in [1.807, 2.05) is 13.8 Å². The Kier molecular flexibility index (Phi) is 7.19. The van der Waals surface area contributed by atoms with E-state index in [9.17, 15) is 13.2 Å². The van der Waals surface area contributed by atoms with Gasteiger partial charge in [-0.05, 0) is 29.7 Å². The Morgan fingerprint density at radius 2 is 2.04 bits per heavy atom. The van der Waals surface area contributed by atoms with Crippen molar-refractivity contribution in [3.05, 3.63) is 29.8 Å². The molecule has 1 aromatic rings. The van der Waals surface area contributed by atoms with E-state index >= 15 is 0 Å². The molecule has 1 saturated heterocycles. The maximum atomic E-state index is 12.9. The van der Waals surface area contributed by atoms with Crippen LogP contribution in [-0.4, -0.2) is 58.6 Å². The van der Waals surface area contributed by atoms with Crippen LogP contribution in [-0.2, 0) is 19.6 Å². The van der Waals surface area contributed by atoms with Gasteiger partial charge in [-0.3, -0.25) is 4.79 Å². The van der Waals surface area contributed by atoms with Crippen LogP contribution in [0.4, 0.5) is 0 Å². The Hall–Kier alpha value is -1.90. The Balaban J connectivity index is 2.24. The maximum absolute atomic E-state index is 12.9. The number of amides is 1. The summed E-state index contributed by atoms with van der Waals surface area (Å²) in [5.74, 6) is 0.420. The number of benzene rings is 1. The third-order valence-corrected chi connectivity index (χ3v) is 5.81. The van der Waals surface area contributed by atoms with Gasteiger partial charge in [0.25, 0.3) is 0 Å². The van der Waals surface area contributed by atoms with E-state index in [2.05, 4.69) is 5.32 Å². The van der Waals surface area contributed by atoms with Crippen LogP contribution in [0.3, 0.4) is 0 Å². The molecule has 144 valence electrons. The number of carbonyl (C=O) groups excluding carboxylic acids is 1. The minimum Gasteiger partial charge on any atom is -0.495 e. The Bertz CT molecular complexity index is 753. The second-order valence-electron chi connectivity index (χ2n) is 6.40. The van der Waals surface area contributed by atoms with Gasteiger partial charge in [0.05, 0.1) is 20.3 Å². The number of hydrogen-bond donors (Lipinski definition) is 1. The maximum Gasteiger partial charge on any atom is 0.246 e. The molecule has 1 aliphatic rings. The molecule has 1 N–H and O–H groups in total. The zero-order valence-corrected chi connectivity index (χ0v) is 16.2. The van der Waals surface area contributed by atoms with Crippen LogP contribution in [0.25, 0.3) is 6.08 Å². The van der Waals surface area contributed by atoms with Crippen LogP contribution in [0.15, 0.2) is 29.2 Å². The second kappa shape index (κ2) is 9.16. The normalized spacial score (nSPS) is 16.2. The monoisotopic (exact) mass is 382 g/mol. The van der Waals surface area contributed by atoms with Crippen molar-refractivity contribution in [2.45, 2.75) is 18.7 Å². The van der Waals surface area contributed by atoms with Crippen LogP contribution >= 0.6 is 0 Å². The first-order chi connectivity index (χ1) is 12.3. The standard InChI is InChI=1S/C18H26N2O5S/c1-14(2)13-19-18(21)7-5-15-4-6-16(24-3)17(12-15)26(22,23)20-8-10-25-11-9-20/h4-7,12,14H,8-11,13H2,1-3H3,(H,19,21)/b7-5+. The van der Waals surface area contributed by atoms with Gasteiger partial charge >= 0.3 is 0 Å². The summed E-state index contributed by atoms with van der Waals surface area (Å²) in [6.07, 6.45) is 2.99. The van der Waals surface area contributed by atoms with Crippen LogP contribution in [0, 0.1) is 5.92 Å². The minimum atomic E-state index is -3.69. The largest absolute Gasteiger partial charge is 0.495 e. The zero-order valence-electron chi connectivity index (χ0n) is 15.4. The average Bonchev–Trinajstić information content (AvgIpc) is 2.65. The van der Waals surface area contributed by atoms with Crippen molar-refractivity contribution in [3.63, 3.8) is 0 Å². The fourth-order valence-corrected chi connectivity index (χ4v) is 4.06. The number of rotatable bonds is 7. The molecule has 0 unspecified atom stereocenters. The number of morpholine rings is 1. The van der Waals surface area contributed by atoms with E-state index < -0.39 is 10.0 Å². The number of nitrogens with one attached hydrogen (secondary N) is 1. The Labute approximate surface area is 155 Å². The summed E-state index contributed by atoms with van der Waals surface area (Å²) in [5.41, 5.74) is 0.609. The molecule has 2 rings (SSSR count). The number of hydrogen-bond acceptors (Lipinski definition) is 5. The number of methoxy groups -OCH3 is 1. The Morgan fingerprint density at radius 3 is 2.65 bits per heavy atom. The highest BCUT2D eigenvalue weighted by molar-refractivity contribution is 7.89. The fraction of sp³-hybridized carbons (Fsp3) is 0.500. The van der Waals surface area contributed by atoms with E-state index in [1.54, 1.807) is 18.2 Å². The smallest absolute Gasteiger partial charge is 0.246 e. The molecule has 0 aromatic heterocycles. The number of nitrogens with zero attached hydrogens (tertiary/aromatic N) is 1. The summed E-state index contributed by atoms with van der Waals surface area (Å²) in [6, 6.07) is 4.83. The average molecular weight is 382 g/mol. The highest BCUT2D eigenvalue weighted by Gasteiger charge is 2.29. The zero-order chi connectivity index (χ0) is 19.2. The van der Waals surface area contributed by atoms with E-state index in [0.29, 0.717) is 44.3 Å². The highest BCUT2D eigenvalue weighted by atomic mass is 32.2. The van der Waals surface area contributed by atoms with Gasteiger partial charge in [0.15, 0.2) is 0 Å². The molecule has 0 bridgehead atoms. The number of sulfonamides is 1. The molecule has 7 nitrogen and oxygen atoms in total. The third kappa shape index (κ3) is 5.30. The molecule has 26 heavy (non-hydrogen) atoms. The molecule has 1 aromatic carbocycles. The molecule has 0 radical (unpaired) electrons. The van der Waals surface area contributed by atoms with Gasteiger partial charge in [-0.2, -0.15) is 4.31 Å². The van der Waals surface area contributed by atoms with Gasteiger partial charge in [0.2, 0.25) is 15.9 Å². The van der Waals surface area contributed by atoms with Gasteiger partial charge in [0, 0.05) is 25.7 Å². The number of ether oxygens (including phenoxy) is 2. The SMILES string of the molecule is COc1ccc(/C=C/C(=O)NCC(C)C)cc1S(=O)(=O)N1CCOCC1. The van der Waals surface area contributed by atoms with Gasteiger partial charge < -0.3 is 14.8 Å². The van der Waals surface area contributed by atoms with E-state index in [0.717, 1.165) is 0 Å². The fourth-order valence-electron chi connectivity index (χ4n) is 2.46. The predicted molar refractivity (Wildman–Crippen MR) is 99.5 cm³/mol. The van der Waals surface area contributed by atoms with Gasteiger partial charge in [-0.1, -0.05) is 19.9 Å². The molecule has 8 heteroatoms. The topological polar surface area (TPSA) is 84.9 Å². The summed E-state index contributed by atoms with van der Waals surface area (Å²) >= 11 is 0. The molecular formula is C18H26N2O5S. The van der Waals surface area contributed by atoms with Crippen molar-refractivity contribution in [1.82, 2.24) is 9.62 Å². The van der Waals surface area contributed by atoms with Crippen molar-refractivity contribution >= 4 is 22.0 Å². The Morgan fingerprint density at radius 1 is 1.35 bits per heavy atom. The molecule has 1 fully saturated rings. The summed E-state index contributed by atoms with van der Waals surface area (Å²) < 4.78 is 37.7. The lowest BCUT2D eigenvalue weighted by Gasteiger charge is -2.26. The predicted octanol–water partition coefficient (Wildman–Crippen LogP) is 1.50. The van der Waals surface area contributed by atoms with Gasteiger partial charge in [0.1, 0.15) is 10.6 Å². The third-order valence-electron chi connectivity index (χ3n) is 3.89. The number of carbonyl (C=O) groups is 1. The second-order valence-corrected chi connectivity index (χ2v) is 8.31. The van der Waals surface area contributed by atoms with E-state index in [1.165, 1.54) is 23.6 Å². The van der Waals surface area contributed by atoms with Crippen LogP contribution in [0.5, 0.6) is 5.75 Å². The molecule has 0 aliphatic carbocycles. The first kappa shape index (κ1) is 20.4. The van der Waals surface area contributed by atoms with E-state index in [-0.39, 0.29) is 16.6 Å². The molecule has 0 saturated carbocycles. The molecule has 1 heterocycles. The first-order valence-corrected chi connectivity index (χ1v) is 10.0. The van der Waals surface area contributed by atoms with Crippen molar-refractivity contribution < 1.29 is 22.7 Å². The quantitative estimate of drug-likeness (QED) is 0.723. The van der Waals surface area contributed by atoms with Crippen molar-refractivity contribution in [1.29, 1.82) is 0 Å². The lowest BCUT2D eigenvalue weighted by atomic mass is 10.2. The lowest BCUT2D eigenvalue weighted by molar-refractivity contribution is -0.116. The molecule has 0 spiro atoms. The molecule has 0 atom stereocenters. The first-order valence-electron chi connectivity index (χ1n) is 8.56. The van der Waals surface area contributed by atoms with Crippen LogP contribution < -0.4 is 10.1 Å². The molecular weight excluding hydrogens is 356 g/mol. The molecule has 1 amide bonds. The van der Waals surface area contributed by atoms with Gasteiger partial charge in [-0.15, -0.1) is 0 Å². The van der Waals surface area contributed by atoms with Gasteiger partial charge in [-0.25, -0.2) is 8.42 Å². The van der Waals surface area contributed by atoms with Crippen molar-refractivity contribution in [2.75, 3.05) is 40.0 Å². The summed E-state index contributed by atoms with van der Waals surface area (Å²) in [4.78, 5) is 11.9.